The number of rotatable bonds is 12. The number of ether oxygens (including phenoxy) is 1. The molecule has 0 aliphatic carbocycles. The molecule has 0 aliphatic heterocycles. The number of carbonyl (C=O) groups excluding carboxylic acids is 1. The van der Waals surface area contributed by atoms with Crippen molar-refractivity contribution < 1.29 is 9.53 Å². The minimum atomic E-state index is -0.0738. The van der Waals surface area contributed by atoms with Crippen LogP contribution in [0.3, 0.4) is 0 Å². The van der Waals surface area contributed by atoms with Crippen molar-refractivity contribution in [3.05, 3.63) is 76.5 Å². The highest BCUT2D eigenvalue weighted by molar-refractivity contribution is 9.10. The van der Waals surface area contributed by atoms with E-state index < -0.39 is 0 Å². The van der Waals surface area contributed by atoms with Crippen molar-refractivity contribution in [1.82, 2.24) is 14.8 Å². The second kappa shape index (κ2) is 12.8. The van der Waals surface area contributed by atoms with Gasteiger partial charge in [0.1, 0.15) is 11.6 Å². The van der Waals surface area contributed by atoms with Crippen molar-refractivity contribution in [2.75, 3.05) is 17.7 Å². The summed E-state index contributed by atoms with van der Waals surface area (Å²) in [5.41, 5.74) is 3.14. The monoisotopic (exact) mass is 542 g/mol. The first-order chi connectivity index (χ1) is 16.4. The fourth-order valence-electron chi connectivity index (χ4n) is 3.39. The van der Waals surface area contributed by atoms with Gasteiger partial charge in [-0.15, -0.1) is 16.8 Å². The number of aryl methyl sites for hydroxylation is 2. The third-order valence-electron chi connectivity index (χ3n) is 5.24. The van der Waals surface area contributed by atoms with E-state index in [1.165, 1.54) is 17.3 Å². The number of benzene rings is 2. The van der Waals surface area contributed by atoms with E-state index in [1.807, 2.05) is 60.0 Å². The van der Waals surface area contributed by atoms with Crippen molar-refractivity contribution in [3.8, 4) is 5.75 Å². The summed E-state index contributed by atoms with van der Waals surface area (Å²) in [6.45, 7) is 11.4. The van der Waals surface area contributed by atoms with Crippen LogP contribution in [0.5, 0.6) is 5.75 Å². The van der Waals surface area contributed by atoms with E-state index in [0.29, 0.717) is 24.2 Å². The zero-order valence-electron chi connectivity index (χ0n) is 19.9. The Labute approximate surface area is 214 Å². The van der Waals surface area contributed by atoms with Gasteiger partial charge in [0.05, 0.1) is 12.4 Å². The van der Waals surface area contributed by atoms with Crippen LogP contribution in [0.15, 0.2) is 64.7 Å². The molecule has 0 bridgehead atoms. The van der Waals surface area contributed by atoms with Gasteiger partial charge >= 0.3 is 0 Å². The molecule has 0 saturated heterocycles. The number of amides is 1. The maximum absolute atomic E-state index is 12.4. The molecule has 0 unspecified atom stereocenters. The van der Waals surface area contributed by atoms with Crippen LogP contribution in [-0.2, 0) is 17.8 Å². The molecular formula is C26H31BrN4O2S. The van der Waals surface area contributed by atoms with E-state index in [0.717, 1.165) is 40.1 Å². The molecule has 0 fully saturated rings. The second-order valence-corrected chi connectivity index (χ2v) is 10.1. The highest BCUT2D eigenvalue weighted by Gasteiger charge is 2.14. The van der Waals surface area contributed by atoms with Crippen molar-refractivity contribution in [2.45, 2.75) is 51.2 Å². The van der Waals surface area contributed by atoms with Gasteiger partial charge in [-0.1, -0.05) is 59.7 Å². The summed E-state index contributed by atoms with van der Waals surface area (Å²) in [6, 6.07) is 13.9. The molecule has 0 radical (unpaired) electrons. The highest BCUT2D eigenvalue weighted by Crippen LogP contribution is 2.23. The number of thioether (sulfide) groups is 1. The van der Waals surface area contributed by atoms with E-state index in [-0.39, 0.29) is 11.7 Å². The minimum absolute atomic E-state index is 0.0738. The van der Waals surface area contributed by atoms with E-state index in [1.54, 1.807) is 0 Å². The van der Waals surface area contributed by atoms with E-state index in [9.17, 15) is 4.79 Å². The van der Waals surface area contributed by atoms with Crippen LogP contribution in [0, 0.1) is 6.92 Å². The average Bonchev–Trinajstić information content (AvgIpc) is 3.18. The van der Waals surface area contributed by atoms with Gasteiger partial charge in [-0.25, -0.2) is 0 Å². The van der Waals surface area contributed by atoms with Gasteiger partial charge in [0.25, 0.3) is 0 Å². The number of hydrogen-bond acceptors (Lipinski definition) is 5. The Balaban J connectivity index is 1.51. The lowest BCUT2D eigenvalue weighted by molar-refractivity contribution is -0.113. The zero-order chi connectivity index (χ0) is 24.5. The number of hydrogen-bond donors (Lipinski definition) is 1. The summed E-state index contributed by atoms with van der Waals surface area (Å²) in [6.07, 6.45) is 3.35. The average molecular weight is 544 g/mol. The Morgan fingerprint density at radius 1 is 1.24 bits per heavy atom. The zero-order valence-corrected chi connectivity index (χ0v) is 22.3. The quantitative estimate of drug-likeness (QED) is 0.163. The predicted molar refractivity (Wildman–Crippen MR) is 143 cm³/mol. The number of halogens is 1. The molecule has 3 aromatic rings. The number of allylic oxidation sites excluding steroid dienone is 1. The molecule has 8 heteroatoms. The Bertz CT molecular complexity index is 1110. The van der Waals surface area contributed by atoms with Gasteiger partial charge in [0, 0.05) is 23.1 Å². The van der Waals surface area contributed by atoms with Crippen LogP contribution in [0.2, 0.25) is 0 Å². The summed E-state index contributed by atoms with van der Waals surface area (Å²) in [5, 5.41) is 12.3. The fourth-order valence-corrected chi connectivity index (χ4v) is 4.63. The normalized spacial score (nSPS) is 11.0. The molecule has 1 amide bonds. The van der Waals surface area contributed by atoms with Crippen molar-refractivity contribution in [1.29, 1.82) is 0 Å². The number of anilines is 1. The first-order valence-corrected chi connectivity index (χ1v) is 13.1. The highest BCUT2D eigenvalue weighted by atomic mass is 79.9. The Kier molecular flexibility index (Phi) is 9.77. The van der Waals surface area contributed by atoms with E-state index in [4.69, 9.17) is 4.74 Å². The van der Waals surface area contributed by atoms with Gasteiger partial charge in [0.2, 0.25) is 5.91 Å². The van der Waals surface area contributed by atoms with Gasteiger partial charge in [-0.3, -0.25) is 4.79 Å². The third-order valence-corrected chi connectivity index (χ3v) is 6.70. The maximum atomic E-state index is 12.4. The molecular weight excluding hydrogens is 512 g/mol. The van der Waals surface area contributed by atoms with Gasteiger partial charge in [-0.2, -0.15) is 0 Å². The van der Waals surface area contributed by atoms with Gasteiger partial charge in [0.15, 0.2) is 5.16 Å². The molecule has 34 heavy (non-hydrogen) atoms. The molecule has 0 spiro atoms. The second-order valence-electron chi connectivity index (χ2n) is 8.27. The van der Waals surface area contributed by atoms with Crippen LogP contribution in [0.25, 0.3) is 0 Å². The van der Waals surface area contributed by atoms with E-state index in [2.05, 4.69) is 51.9 Å². The maximum Gasteiger partial charge on any atom is 0.234 e. The Morgan fingerprint density at radius 2 is 2.00 bits per heavy atom. The van der Waals surface area contributed by atoms with Crippen molar-refractivity contribution >= 4 is 39.3 Å². The molecule has 180 valence electrons. The molecule has 1 aromatic heterocycles. The van der Waals surface area contributed by atoms with Crippen LogP contribution in [0.4, 0.5) is 5.69 Å². The molecule has 1 heterocycles. The topological polar surface area (TPSA) is 69.0 Å². The van der Waals surface area contributed by atoms with Crippen LogP contribution < -0.4 is 10.1 Å². The number of aromatic nitrogens is 3. The summed E-state index contributed by atoms with van der Waals surface area (Å²) in [5.74, 6) is 2.39. The standard InChI is InChI=1S/C26H31BrN4O2S/c1-5-14-31-24(7-6-15-33-23-13-10-21(27)16-19(23)4)29-30-26(31)34-17-25(32)28-22-11-8-20(9-12-22)18(2)3/h5,8-13,16,18H,1,6-7,14-15,17H2,2-4H3,(H,28,32). The summed E-state index contributed by atoms with van der Waals surface area (Å²) >= 11 is 4.85. The molecule has 6 nitrogen and oxygen atoms in total. The molecule has 2 aromatic carbocycles. The first kappa shape index (κ1) is 26.0. The summed E-state index contributed by atoms with van der Waals surface area (Å²) in [7, 11) is 0. The van der Waals surface area contributed by atoms with Crippen LogP contribution in [0.1, 0.15) is 43.1 Å². The molecule has 0 aliphatic rings. The Hall–Kier alpha value is -2.58. The SMILES string of the molecule is C=CCn1c(CCCOc2ccc(Br)cc2C)nnc1SCC(=O)Nc1ccc(C(C)C)cc1. The lowest BCUT2D eigenvalue weighted by Gasteiger charge is -2.10. The molecule has 0 atom stereocenters. The largest absolute Gasteiger partial charge is 0.493 e. The minimum Gasteiger partial charge on any atom is -0.493 e. The lowest BCUT2D eigenvalue weighted by atomic mass is 10.0. The summed E-state index contributed by atoms with van der Waals surface area (Å²) < 4.78 is 8.97. The predicted octanol–water partition coefficient (Wildman–Crippen LogP) is 6.40. The number of carbonyl (C=O) groups is 1. The van der Waals surface area contributed by atoms with Crippen molar-refractivity contribution in [3.63, 3.8) is 0 Å². The smallest absolute Gasteiger partial charge is 0.234 e. The number of nitrogens with one attached hydrogen (secondary N) is 1. The third kappa shape index (κ3) is 7.46. The number of nitrogens with zero attached hydrogens (tertiary/aromatic N) is 3. The fraction of sp³-hybridized carbons (Fsp3) is 0.346. The Morgan fingerprint density at radius 3 is 2.68 bits per heavy atom. The van der Waals surface area contributed by atoms with Crippen molar-refractivity contribution in [2.24, 2.45) is 0 Å². The van der Waals surface area contributed by atoms with E-state index >= 15 is 0 Å². The van der Waals surface area contributed by atoms with Crippen LogP contribution in [-0.4, -0.2) is 33.0 Å². The lowest BCUT2D eigenvalue weighted by Crippen LogP contribution is -2.15. The van der Waals surface area contributed by atoms with Gasteiger partial charge in [-0.05, 0) is 60.7 Å². The van der Waals surface area contributed by atoms with Gasteiger partial charge < -0.3 is 14.6 Å². The molecule has 1 N–H and O–H groups in total. The summed E-state index contributed by atoms with van der Waals surface area (Å²) in [4.78, 5) is 12.4. The van der Waals surface area contributed by atoms with Crippen LogP contribution >= 0.6 is 27.7 Å². The first-order valence-electron chi connectivity index (χ1n) is 11.3. The molecule has 0 saturated carbocycles. The molecule has 3 rings (SSSR count).